The van der Waals surface area contributed by atoms with E-state index in [2.05, 4.69) is 14.7 Å². The predicted octanol–water partition coefficient (Wildman–Crippen LogP) is 0.891. The second-order valence-corrected chi connectivity index (χ2v) is 6.16. The van der Waals surface area contributed by atoms with E-state index in [-0.39, 0.29) is 12.1 Å². The van der Waals surface area contributed by atoms with Gasteiger partial charge in [0, 0.05) is 18.0 Å². The van der Waals surface area contributed by atoms with Crippen LogP contribution in [-0.4, -0.2) is 35.7 Å². The maximum absolute atomic E-state index is 11.2. The van der Waals surface area contributed by atoms with E-state index in [1.54, 1.807) is 18.2 Å². The molecule has 2 aromatic rings. The Morgan fingerprint density at radius 2 is 1.86 bits per heavy atom. The summed E-state index contributed by atoms with van der Waals surface area (Å²) in [5, 5.41) is 9.14. The molecule has 2 rings (SSSR count). The van der Waals surface area contributed by atoms with Crippen LogP contribution in [0, 0.1) is 0 Å². The summed E-state index contributed by atoms with van der Waals surface area (Å²) in [6.07, 6.45) is 3.98. The Balaban J connectivity index is 2.25. The molecule has 0 atom stereocenters. The molecule has 7 nitrogen and oxygen atoms in total. The van der Waals surface area contributed by atoms with Gasteiger partial charge < -0.3 is 5.11 Å². The third-order valence-electron chi connectivity index (χ3n) is 2.67. The van der Waals surface area contributed by atoms with Crippen molar-refractivity contribution in [3.05, 3.63) is 48.0 Å². The van der Waals surface area contributed by atoms with Crippen LogP contribution >= 0.6 is 0 Å². The summed E-state index contributed by atoms with van der Waals surface area (Å²) >= 11 is 0. The number of hydrogen-bond donors (Lipinski definition) is 2. The highest BCUT2D eigenvalue weighted by Crippen LogP contribution is 2.22. The first-order valence-electron chi connectivity index (χ1n) is 5.95. The number of aromatic nitrogens is 2. The van der Waals surface area contributed by atoms with Gasteiger partial charge in [-0.1, -0.05) is 18.2 Å². The van der Waals surface area contributed by atoms with Crippen LogP contribution in [0.25, 0.3) is 11.1 Å². The summed E-state index contributed by atoms with van der Waals surface area (Å²) in [6.45, 7) is -0.0142. The molecule has 0 aliphatic rings. The first-order valence-corrected chi connectivity index (χ1v) is 7.84. The van der Waals surface area contributed by atoms with E-state index in [1.807, 2.05) is 0 Å². The molecule has 8 heteroatoms. The molecular formula is C13H13N3O4S. The van der Waals surface area contributed by atoms with Gasteiger partial charge in [-0.3, -0.25) is 0 Å². The van der Waals surface area contributed by atoms with E-state index in [4.69, 9.17) is 5.11 Å². The van der Waals surface area contributed by atoms with Gasteiger partial charge in [-0.15, -0.1) is 0 Å². The van der Waals surface area contributed by atoms with Crippen molar-refractivity contribution in [2.75, 3.05) is 6.26 Å². The van der Waals surface area contributed by atoms with Crippen LogP contribution in [0.15, 0.2) is 36.7 Å². The number of nitrogens with zero attached hydrogens (tertiary/aromatic N) is 2. The molecular weight excluding hydrogens is 294 g/mol. The minimum absolute atomic E-state index is 0.0142. The highest BCUT2D eigenvalue weighted by Gasteiger charge is 2.11. The van der Waals surface area contributed by atoms with E-state index in [1.165, 1.54) is 18.5 Å². The lowest BCUT2D eigenvalue weighted by molar-refractivity contribution is 0.0697. The standard InChI is InChI=1S/C13H13N3O4S/c1-21(19,20)16-8-12-14-6-9(7-15-12)10-4-2-3-5-11(10)13(17)18/h2-7,16H,8H2,1H3,(H,17,18). The monoisotopic (exact) mass is 307 g/mol. The summed E-state index contributed by atoms with van der Waals surface area (Å²) in [5.74, 6) is -0.731. The third kappa shape index (κ3) is 4.07. The molecule has 1 aromatic heterocycles. The van der Waals surface area contributed by atoms with Crippen molar-refractivity contribution in [2.24, 2.45) is 0 Å². The molecule has 0 fully saturated rings. The summed E-state index contributed by atoms with van der Waals surface area (Å²) in [7, 11) is -3.31. The second kappa shape index (κ2) is 5.98. The average Bonchev–Trinajstić information content (AvgIpc) is 2.45. The largest absolute Gasteiger partial charge is 0.478 e. The molecule has 0 radical (unpaired) electrons. The van der Waals surface area contributed by atoms with Crippen LogP contribution in [0.1, 0.15) is 16.2 Å². The quantitative estimate of drug-likeness (QED) is 0.849. The van der Waals surface area contributed by atoms with E-state index in [9.17, 15) is 13.2 Å². The van der Waals surface area contributed by atoms with Crippen LogP contribution in [-0.2, 0) is 16.6 Å². The van der Waals surface area contributed by atoms with Gasteiger partial charge in [-0.2, -0.15) is 0 Å². The van der Waals surface area contributed by atoms with E-state index >= 15 is 0 Å². The van der Waals surface area contributed by atoms with Crippen molar-refractivity contribution in [3.63, 3.8) is 0 Å². The van der Waals surface area contributed by atoms with Crippen LogP contribution < -0.4 is 4.72 Å². The SMILES string of the molecule is CS(=O)(=O)NCc1ncc(-c2ccccc2C(=O)O)cn1. The summed E-state index contributed by atoms with van der Waals surface area (Å²) < 4.78 is 24.2. The molecule has 0 aliphatic heterocycles. The fourth-order valence-electron chi connectivity index (χ4n) is 1.70. The number of sulfonamides is 1. The number of carboxylic acids is 1. The van der Waals surface area contributed by atoms with E-state index < -0.39 is 16.0 Å². The highest BCUT2D eigenvalue weighted by molar-refractivity contribution is 7.88. The van der Waals surface area contributed by atoms with Gasteiger partial charge >= 0.3 is 5.97 Å². The summed E-state index contributed by atoms with van der Waals surface area (Å²) in [4.78, 5) is 19.2. The first kappa shape index (κ1) is 15.1. The number of carboxylic acid groups (broad SMARTS) is 1. The summed E-state index contributed by atoms with van der Waals surface area (Å²) in [6, 6.07) is 6.52. The number of carbonyl (C=O) groups is 1. The van der Waals surface area contributed by atoms with Crippen LogP contribution in [0.3, 0.4) is 0 Å². The van der Waals surface area contributed by atoms with Gasteiger partial charge in [0.15, 0.2) is 0 Å². The zero-order valence-corrected chi connectivity index (χ0v) is 12.0. The van der Waals surface area contributed by atoms with Gasteiger partial charge in [0.2, 0.25) is 10.0 Å². The first-order chi connectivity index (χ1) is 9.87. The van der Waals surface area contributed by atoms with Crippen molar-refractivity contribution in [1.29, 1.82) is 0 Å². The Kier molecular flexibility index (Phi) is 4.29. The normalized spacial score (nSPS) is 11.3. The Morgan fingerprint density at radius 3 is 2.43 bits per heavy atom. The molecule has 0 saturated heterocycles. The minimum atomic E-state index is -3.31. The van der Waals surface area contributed by atoms with Gasteiger partial charge in [-0.05, 0) is 11.6 Å². The lowest BCUT2D eigenvalue weighted by atomic mass is 10.0. The zero-order valence-electron chi connectivity index (χ0n) is 11.1. The van der Waals surface area contributed by atoms with Gasteiger partial charge in [0.05, 0.1) is 18.4 Å². The van der Waals surface area contributed by atoms with E-state index in [0.29, 0.717) is 17.0 Å². The Hall–Kier alpha value is -2.32. The fourth-order valence-corrected chi connectivity index (χ4v) is 2.09. The van der Waals surface area contributed by atoms with Gasteiger partial charge in [0.1, 0.15) is 5.82 Å². The lowest BCUT2D eigenvalue weighted by Gasteiger charge is -2.06. The number of aromatic carboxylic acids is 1. The van der Waals surface area contributed by atoms with Gasteiger partial charge in [0.25, 0.3) is 0 Å². The maximum atomic E-state index is 11.2. The molecule has 2 N–H and O–H groups in total. The number of hydrogen-bond acceptors (Lipinski definition) is 5. The molecule has 0 amide bonds. The van der Waals surface area contributed by atoms with Crippen LogP contribution in [0.4, 0.5) is 0 Å². The molecule has 0 unspecified atom stereocenters. The Morgan fingerprint density at radius 1 is 1.24 bits per heavy atom. The Labute approximate surface area is 121 Å². The molecule has 0 aliphatic carbocycles. The van der Waals surface area contributed by atoms with Crippen molar-refractivity contribution in [2.45, 2.75) is 6.54 Å². The minimum Gasteiger partial charge on any atom is -0.478 e. The number of rotatable bonds is 5. The average molecular weight is 307 g/mol. The van der Waals surface area contributed by atoms with Crippen molar-refractivity contribution in [3.8, 4) is 11.1 Å². The fraction of sp³-hybridized carbons (Fsp3) is 0.154. The molecule has 110 valence electrons. The van der Waals surface area contributed by atoms with Crippen LogP contribution in [0.2, 0.25) is 0 Å². The second-order valence-electron chi connectivity index (χ2n) is 4.33. The zero-order chi connectivity index (χ0) is 15.5. The van der Waals surface area contributed by atoms with Gasteiger partial charge in [-0.25, -0.2) is 27.9 Å². The van der Waals surface area contributed by atoms with E-state index in [0.717, 1.165) is 6.26 Å². The van der Waals surface area contributed by atoms with Crippen LogP contribution in [0.5, 0.6) is 0 Å². The number of nitrogens with one attached hydrogen (secondary N) is 1. The summed E-state index contributed by atoms with van der Waals surface area (Å²) in [5.41, 5.74) is 1.21. The molecule has 0 spiro atoms. The highest BCUT2D eigenvalue weighted by atomic mass is 32.2. The third-order valence-corrected chi connectivity index (χ3v) is 3.33. The van der Waals surface area contributed by atoms with Crippen molar-refractivity contribution >= 4 is 16.0 Å². The molecule has 1 heterocycles. The van der Waals surface area contributed by atoms with Crippen molar-refractivity contribution < 1.29 is 18.3 Å². The Bertz CT molecular complexity index is 757. The molecule has 0 saturated carbocycles. The molecule has 0 bridgehead atoms. The van der Waals surface area contributed by atoms with Crippen molar-refractivity contribution in [1.82, 2.24) is 14.7 Å². The predicted molar refractivity (Wildman–Crippen MR) is 76.1 cm³/mol. The molecule has 1 aromatic carbocycles. The topological polar surface area (TPSA) is 109 Å². The molecule has 21 heavy (non-hydrogen) atoms. The number of benzene rings is 1. The maximum Gasteiger partial charge on any atom is 0.336 e. The smallest absolute Gasteiger partial charge is 0.336 e. The lowest BCUT2D eigenvalue weighted by Crippen LogP contribution is -2.22.